The molecule has 1 aromatic carbocycles. The van der Waals surface area contributed by atoms with E-state index in [4.69, 9.17) is 5.26 Å². The molecular weight excluding hydrogens is 229 g/mol. The molecule has 90 valence electrons. The Hall–Kier alpha value is -2.41. The van der Waals surface area contributed by atoms with Crippen molar-refractivity contribution in [3.8, 4) is 6.07 Å². The fourth-order valence-corrected chi connectivity index (χ4v) is 1.65. The predicted octanol–water partition coefficient (Wildman–Crippen LogP) is 3.01. The van der Waals surface area contributed by atoms with Gasteiger partial charge in [-0.3, -0.25) is 4.98 Å². The van der Waals surface area contributed by atoms with Crippen molar-refractivity contribution in [1.29, 1.82) is 5.26 Å². The summed E-state index contributed by atoms with van der Waals surface area (Å²) in [4.78, 5) is 4.34. The summed E-state index contributed by atoms with van der Waals surface area (Å²) < 4.78 is 13.0. The van der Waals surface area contributed by atoms with Crippen molar-refractivity contribution in [3.63, 3.8) is 0 Å². The largest absolute Gasteiger partial charge is 0.378 e. The van der Waals surface area contributed by atoms with Crippen LogP contribution in [0.1, 0.15) is 17.0 Å². The minimum Gasteiger partial charge on any atom is -0.378 e. The lowest BCUT2D eigenvalue weighted by Gasteiger charge is -2.08. The molecule has 3 nitrogen and oxygen atoms in total. The molecule has 1 N–H and O–H groups in total. The van der Waals surface area contributed by atoms with E-state index in [2.05, 4.69) is 10.3 Å². The summed E-state index contributed by atoms with van der Waals surface area (Å²) in [7, 11) is 0. The van der Waals surface area contributed by atoms with Crippen LogP contribution in [-0.4, -0.2) is 4.98 Å². The first-order valence-corrected chi connectivity index (χ1v) is 5.55. The summed E-state index contributed by atoms with van der Waals surface area (Å²) in [5, 5.41) is 12.0. The molecule has 0 unspecified atom stereocenters. The van der Waals surface area contributed by atoms with E-state index in [1.807, 2.05) is 31.2 Å². The fraction of sp³-hybridized carbons (Fsp3) is 0.143. The van der Waals surface area contributed by atoms with Crippen LogP contribution in [0.15, 0.2) is 36.4 Å². The molecule has 2 rings (SSSR count). The van der Waals surface area contributed by atoms with E-state index in [1.54, 1.807) is 6.07 Å². The second-order valence-electron chi connectivity index (χ2n) is 3.93. The highest BCUT2D eigenvalue weighted by Gasteiger charge is 2.03. The molecule has 1 aromatic heterocycles. The van der Waals surface area contributed by atoms with Gasteiger partial charge in [0.25, 0.3) is 0 Å². The highest BCUT2D eigenvalue weighted by Crippen LogP contribution is 2.16. The molecule has 18 heavy (non-hydrogen) atoms. The lowest BCUT2D eigenvalue weighted by atomic mass is 10.2. The van der Waals surface area contributed by atoms with Crippen LogP contribution in [0.4, 0.5) is 10.1 Å². The zero-order valence-corrected chi connectivity index (χ0v) is 9.94. The number of aromatic nitrogens is 1. The molecule has 0 aliphatic carbocycles. The van der Waals surface area contributed by atoms with Crippen LogP contribution < -0.4 is 5.32 Å². The van der Waals surface area contributed by atoms with Crippen LogP contribution in [0, 0.1) is 24.1 Å². The van der Waals surface area contributed by atoms with E-state index in [1.165, 1.54) is 12.1 Å². The smallest absolute Gasteiger partial charge is 0.124 e. The van der Waals surface area contributed by atoms with Crippen molar-refractivity contribution >= 4 is 5.69 Å². The van der Waals surface area contributed by atoms with Gasteiger partial charge < -0.3 is 5.32 Å². The second kappa shape index (κ2) is 5.28. The maximum atomic E-state index is 13.0. The Balaban J connectivity index is 2.14. The molecule has 0 amide bonds. The van der Waals surface area contributed by atoms with Gasteiger partial charge in [-0.25, -0.2) is 4.39 Å². The summed E-state index contributed by atoms with van der Waals surface area (Å²) in [6.07, 6.45) is 0. The van der Waals surface area contributed by atoms with E-state index in [0.29, 0.717) is 17.8 Å². The molecule has 0 atom stereocenters. The molecular formula is C14H12FN3. The number of hydrogen-bond donors (Lipinski definition) is 1. The molecule has 0 fully saturated rings. The van der Waals surface area contributed by atoms with Crippen molar-refractivity contribution in [2.75, 3.05) is 5.32 Å². The number of pyridine rings is 1. The number of benzene rings is 1. The van der Waals surface area contributed by atoms with E-state index in [9.17, 15) is 4.39 Å². The maximum Gasteiger partial charge on any atom is 0.124 e. The number of halogens is 1. The fourth-order valence-electron chi connectivity index (χ4n) is 1.65. The Morgan fingerprint density at radius 2 is 2.17 bits per heavy atom. The van der Waals surface area contributed by atoms with Crippen LogP contribution >= 0.6 is 0 Å². The first-order chi connectivity index (χ1) is 8.69. The lowest BCUT2D eigenvalue weighted by Crippen LogP contribution is -2.03. The Morgan fingerprint density at radius 3 is 2.89 bits per heavy atom. The van der Waals surface area contributed by atoms with Gasteiger partial charge in [0.15, 0.2) is 0 Å². The van der Waals surface area contributed by atoms with Crippen LogP contribution in [0.3, 0.4) is 0 Å². The first-order valence-electron chi connectivity index (χ1n) is 5.55. The number of nitrogens with zero attached hydrogens (tertiary/aromatic N) is 2. The maximum absolute atomic E-state index is 13.0. The summed E-state index contributed by atoms with van der Waals surface area (Å²) in [5.41, 5.74) is 2.72. The molecule has 0 spiro atoms. The summed E-state index contributed by atoms with van der Waals surface area (Å²) in [5.74, 6) is -0.411. The SMILES string of the molecule is Cc1cccc(CNc2ccc(F)cc2C#N)n1. The Kier molecular flexibility index (Phi) is 3.54. The molecule has 0 aliphatic rings. The minimum atomic E-state index is -0.411. The van der Waals surface area contributed by atoms with Crippen LogP contribution in [0.5, 0.6) is 0 Å². The van der Waals surface area contributed by atoms with Gasteiger partial charge in [-0.1, -0.05) is 6.07 Å². The van der Waals surface area contributed by atoms with Crippen LogP contribution in [-0.2, 0) is 6.54 Å². The molecule has 0 saturated carbocycles. The Morgan fingerprint density at radius 1 is 1.33 bits per heavy atom. The Labute approximate surface area is 105 Å². The summed E-state index contributed by atoms with van der Waals surface area (Å²) in [6, 6.07) is 11.8. The number of nitrogens with one attached hydrogen (secondary N) is 1. The summed E-state index contributed by atoms with van der Waals surface area (Å²) >= 11 is 0. The normalized spacial score (nSPS) is 9.83. The van der Waals surface area contributed by atoms with Crippen molar-refractivity contribution in [3.05, 3.63) is 59.2 Å². The van der Waals surface area contributed by atoms with E-state index >= 15 is 0 Å². The molecule has 2 aromatic rings. The third kappa shape index (κ3) is 2.83. The van der Waals surface area contributed by atoms with Gasteiger partial charge in [0.1, 0.15) is 11.9 Å². The van der Waals surface area contributed by atoms with E-state index < -0.39 is 5.82 Å². The topological polar surface area (TPSA) is 48.7 Å². The quantitative estimate of drug-likeness (QED) is 0.898. The molecule has 0 radical (unpaired) electrons. The lowest BCUT2D eigenvalue weighted by molar-refractivity contribution is 0.627. The van der Waals surface area contributed by atoms with E-state index in [0.717, 1.165) is 11.4 Å². The van der Waals surface area contributed by atoms with Gasteiger partial charge in [0.05, 0.1) is 23.5 Å². The van der Waals surface area contributed by atoms with Gasteiger partial charge in [-0.2, -0.15) is 5.26 Å². The molecule has 0 saturated heterocycles. The molecule has 1 heterocycles. The molecule has 0 bridgehead atoms. The van der Waals surface area contributed by atoms with Crippen molar-refractivity contribution < 1.29 is 4.39 Å². The molecule has 4 heteroatoms. The van der Waals surface area contributed by atoms with Crippen molar-refractivity contribution in [2.24, 2.45) is 0 Å². The van der Waals surface area contributed by atoms with Crippen LogP contribution in [0.25, 0.3) is 0 Å². The number of hydrogen-bond acceptors (Lipinski definition) is 3. The average molecular weight is 241 g/mol. The van der Waals surface area contributed by atoms with Gasteiger partial charge in [0.2, 0.25) is 0 Å². The zero-order valence-electron chi connectivity index (χ0n) is 9.94. The van der Waals surface area contributed by atoms with Gasteiger partial charge in [-0.15, -0.1) is 0 Å². The van der Waals surface area contributed by atoms with Crippen molar-refractivity contribution in [2.45, 2.75) is 13.5 Å². The number of anilines is 1. The van der Waals surface area contributed by atoms with Gasteiger partial charge >= 0.3 is 0 Å². The minimum absolute atomic E-state index is 0.294. The number of rotatable bonds is 3. The molecule has 0 aliphatic heterocycles. The highest BCUT2D eigenvalue weighted by molar-refractivity contribution is 5.57. The second-order valence-corrected chi connectivity index (χ2v) is 3.93. The van der Waals surface area contributed by atoms with Crippen molar-refractivity contribution in [1.82, 2.24) is 4.98 Å². The van der Waals surface area contributed by atoms with Gasteiger partial charge in [0, 0.05) is 5.69 Å². The monoisotopic (exact) mass is 241 g/mol. The van der Waals surface area contributed by atoms with Gasteiger partial charge in [-0.05, 0) is 37.3 Å². The third-order valence-corrected chi connectivity index (χ3v) is 2.51. The third-order valence-electron chi connectivity index (χ3n) is 2.51. The number of nitriles is 1. The van der Waals surface area contributed by atoms with E-state index in [-0.39, 0.29) is 0 Å². The number of aryl methyl sites for hydroxylation is 1. The predicted molar refractivity (Wildman–Crippen MR) is 67.4 cm³/mol. The highest BCUT2D eigenvalue weighted by atomic mass is 19.1. The first kappa shape index (κ1) is 12.1. The summed E-state index contributed by atoms with van der Waals surface area (Å²) in [6.45, 7) is 2.42. The van der Waals surface area contributed by atoms with Crippen LogP contribution in [0.2, 0.25) is 0 Å². The standard InChI is InChI=1S/C14H12FN3/c1-10-3-2-4-13(18-10)9-17-14-6-5-12(15)7-11(14)8-16/h2-7,17H,9H2,1H3. The average Bonchev–Trinajstić information content (AvgIpc) is 2.37. The Bertz CT molecular complexity index is 602. The zero-order chi connectivity index (χ0) is 13.0.